The van der Waals surface area contributed by atoms with Crippen molar-refractivity contribution in [1.29, 1.82) is 0 Å². The molecule has 1 saturated heterocycles. The average Bonchev–Trinajstić information content (AvgIpc) is 3.30. The Morgan fingerprint density at radius 2 is 1.93 bits per heavy atom. The van der Waals surface area contributed by atoms with Crippen molar-refractivity contribution >= 4 is 22.9 Å². The summed E-state index contributed by atoms with van der Waals surface area (Å²) in [6, 6.07) is 11.3. The first-order chi connectivity index (χ1) is 13.3. The molecule has 6 nitrogen and oxygen atoms in total. The van der Waals surface area contributed by atoms with Crippen molar-refractivity contribution in [2.45, 2.75) is 25.4 Å². The lowest BCUT2D eigenvalue weighted by atomic mass is 10.1. The first-order valence-electron chi connectivity index (χ1n) is 9.78. The van der Waals surface area contributed by atoms with Crippen LogP contribution in [0.15, 0.2) is 51.6 Å². The van der Waals surface area contributed by atoms with Gasteiger partial charge in [-0.15, -0.1) is 0 Å². The van der Waals surface area contributed by atoms with Crippen LogP contribution >= 0.6 is 11.8 Å². The van der Waals surface area contributed by atoms with E-state index in [0.29, 0.717) is 6.04 Å². The van der Waals surface area contributed by atoms with E-state index in [9.17, 15) is 0 Å². The first-order valence-corrected chi connectivity index (χ1v) is 11.0. The summed E-state index contributed by atoms with van der Waals surface area (Å²) >= 11 is 1.64. The molecule has 1 fully saturated rings. The number of benzene rings is 1. The minimum absolute atomic E-state index is 0.474. The largest absolute Gasteiger partial charge is 0.297 e. The van der Waals surface area contributed by atoms with Gasteiger partial charge in [0.05, 0.1) is 18.3 Å². The second kappa shape index (κ2) is 7.30. The fourth-order valence-corrected chi connectivity index (χ4v) is 4.86. The molecule has 1 aliphatic carbocycles. The number of fused-ring (bicyclic) bond motifs is 1. The van der Waals surface area contributed by atoms with E-state index in [2.05, 4.69) is 55.6 Å². The van der Waals surface area contributed by atoms with Gasteiger partial charge in [-0.1, -0.05) is 42.1 Å². The second-order valence-electron chi connectivity index (χ2n) is 7.57. The van der Waals surface area contributed by atoms with Crippen LogP contribution in [0.2, 0.25) is 0 Å². The molecule has 1 atom stereocenters. The molecule has 0 radical (unpaired) electrons. The minimum atomic E-state index is 0.474. The van der Waals surface area contributed by atoms with E-state index in [4.69, 9.17) is 4.99 Å². The summed E-state index contributed by atoms with van der Waals surface area (Å²) in [5, 5.41) is 3.03. The van der Waals surface area contributed by atoms with Crippen LogP contribution in [0.25, 0.3) is 0 Å². The monoisotopic (exact) mass is 382 g/mol. The summed E-state index contributed by atoms with van der Waals surface area (Å²) in [6.45, 7) is 6.50. The van der Waals surface area contributed by atoms with E-state index < -0.39 is 0 Å². The molecule has 1 aromatic carbocycles. The number of aliphatic imine (C=N–C) groups is 2. The lowest BCUT2D eigenvalue weighted by Crippen LogP contribution is -2.50. The normalized spacial score (nSPS) is 25.8. The SMILES string of the molecule is CSC1=NC2=NC3=C(CCC3N3CCN(Cc4ccccc4)CC3)CN2N1. The van der Waals surface area contributed by atoms with Crippen molar-refractivity contribution in [3.63, 3.8) is 0 Å². The molecule has 0 aromatic heterocycles. The van der Waals surface area contributed by atoms with E-state index in [1.807, 2.05) is 6.26 Å². The third kappa shape index (κ3) is 3.39. The number of nitrogens with one attached hydrogen (secondary N) is 1. The maximum atomic E-state index is 4.95. The Labute approximate surface area is 165 Å². The Morgan fingerprint density at radius 3 is 2.70 bits per heavy atom. The predicted molar refractivity (Wildman–Crippen MR) is 112 cm³/mol. The number of guanidine groups is 1. The maximum absolute atomic E-state index is 4.95. The number of piperazine rings is 1. The van der Waals surface area contributed by atoms with Crippen LogP contribution in [0, 0.1) is 0 Å². The second-order valence-corrected chi connectivity index (χ2v) is 8.37. The van der Waals surface area contributed by atoms with Gasteiger partial charge in [0.1, 0.15) is 0 Å². The van der Waals surface area contributed by atoms with E-state index in [1.54, 1.807) is 11.8 Å². The lowest BCUT2D eigenvalue weighted by molar-refractivity contribution is 0.103. The third-order valence-corrected chi connectivity index (χ3v) is 6.50. The zero-order valence-corrected chi connectivity index (χ0v) is 16.6. The molecule has 142 valence electrons. The fourth-order valence-electron chi connectivity index (χ4n) is 4.48. The molecular weight excluding hydrogens is 356 g/mol. The molecule has 0 saturated carbocycles. The van der Waals surface area contributed by atoms with Crippen molar-refractivity contribution < 1.29 is 0 Å². The number of nitrogens with zero attached hydrogens (tertiary/aromatic N) is 5. The smallest absolute Gasteiger partial charge is 0.247 e. The van der Waals surface area contributed by atoms with Crippen LogP contribution in [0.3, 0.4) is 0 Å². The Hall–Kier alpha value is -1.83. The van der Waals surface area contributed by atoms with Crippen molar-refractivity contribution in [2.24, 2.45) is 9.98 Å². The third-order valence-electron chi connectivity index (χ3n) is 5.93. The Morgan fingerprint density at radius 1 is 1.11 bits per heavy atom. The van der Waals surface area contributed by atoms with Crippen LogP contribution in [-0.4, -0.2) is 71.0 Å². The van der Waals surface area contributed by atoms with Gasteiger partial charge in [-0.25, -0.2) is 10.0 Å². The van der Waals surface area contributed by atoms with Crippen LogP contribution < -0.4 is 5.43 Å². The number of hydrogen-bond acceptors (Lipinski definition) is 7. The van der Waals surface area contributed by atoms with Gasteiger partial charge in [0.15, 0.2) is 5.17 Å². The first kappa shape index (κ1) is 17.3. The lowest BCUT2D eigenvalue weighted by Gasteiger charge is -2.38. The fraction of sp³-hybridized carbons (Fsp3) is 0.500. The summed E-state index contributed by atoms with van der Waals surface area (Å²) in [5.41, 5.74) is 7.53. The van der Waals surface area contributed by atoms with Gasteiger partial charge >= 0.3 is 0 Å². The van der Waals surface area contributed by atoms with E-state index in [-0.39, 0.29) is 0 Å². The molecule has 27 heavy (non-hydrogen) atoms. The van der Waals surface area contributed by atoms with Crippen molar-refractivity contribution in [3.05, 3.63) is 47.2 Å². The molecule has 5 rings (SSSR count). The Kier molecular flexibility index (Phi) is 4.67. The molecule has 3 aliphatic heterocycles. The van der Waals surface area contributed by atoms with E-state index in [1.165, 1.54) is 23.3 Å². The summed E-state index contributed by atoms with van der Waals surface area (Å²) in [5.74, 6) is 0.840. The van der Waals surface area contributed by atoms with Gasteiger partial charge in [0.2, 0.25) is 5.96 Å². The quantitative estimate of drug-likeness (QED) is 0.868. The van der Waals surface area contributed by atoms with Crippen molar-refractivity contribution in [3.8, 4) is 0 Å². The predicted octanol–water partition coefficient (Wildman–Crippen LogP) is 2.13. The molecule has 1 N–H and O–H groups in total. The van der Waals surface area contributed by atoms with Gasteiger partial charge in [0.25, 0.3) is 0 Å². The molecule has 4 aliphatic rings. The zero-order valence-electron chi connectivity index (χ0n) is 15.8. The van der Waals surface area contributed by atoms with Crippen LogP contribution in [0.1, 0.15) is 18.4 Å². The molecule has 7 heteroatoms. The molecular formula is C20H26N6S. The number of thioether (sulfide) groups is 1. The van der Waals surface area contributed by atoms with E-state index in [0.717, 1.165) is 56.8 Å². The zero-order chi connectivity index (χ0) is 18.2. The topological polar surface area (TPSA) is 46.5 Å². The maximum Gasteiger partial charge on any atom is 0.247 e. The molecule has 0 bridgehead atoms. The van der Waals surface area contributed by atoms with Crippen LogP contribution in [-0.2, 0) is 6.54 Å². The average molecular weight is 383 g/mol. The Bertz CT molecular complexity index is 794. The summed E-state index contributed by atoms with van der Waals surface area (Å²) in [4.78, 5) is 14.8. The van der Waals surface area contributed by atoms with Crippen LogP contribution in [0.4, 0.5) is 0 Å². The highest BCUT2D eigenvalue weighted by Gasteiger charge is 2.37. The van der Waals surface area contributed by atoms with E-state index >= 15 is 0 Å². The summed E-state index contributed by atoms with van der Waals surface area (Å²) in [6.07, 6.45) is 4.41. The molecule has 0 amide bonds. The number of hydrazine groups is 1. The molecule has 1 unspecified atom stereocenters. The number of rotatable bonds is 3. The van der Waals surface area contributed by atoms with Crippen LogP contribution in [0.5, 0.6) is 0 Å². The van der Waals surface area contributed by atoms with Gasteiger partial charge < -0.3 is 0 Å². The summed E-state index contributed by atoms with van der Waals surface area (Å²) in [7, 11) is 0. The van der Waals surface area contributed by atoms with Crippen molar-refractivity contribution in [2.75, 3.05) is 39.0 Å². The minimum Gasteiger partial charge on any atom is -0.297 e. The van der Waals surface area contributed by atoms with Gasteiger partial charge in [-0.3, -0.25) is 15.2 Å². The standard InChI is InChI=1S/C20H26N6S/c1-27-20-22-19-21-18-16(14-26(19)23-20)7-8-17(18)25-11-9-24(10-12-25)13-15-5-3-2-4-6-15/h2-6,17H,7-14H2,1H3,(H,21,22,23). The molecule has 1 aromatic rings. The number of amidine groups is 1. The van der Waals surface area contributed by atoms with Gasteiger partial charge in [0, 0.05) is 32.7 Å². The van der Waals surface area contributed by atoms with Crippen molar-refractivity contribution in [1.82, 2.24) is 20.2 Å². The highest BCUT2D eigenvalue weighted by molar-refractivity contribution is 8.13. The molecule has 0 spiro atoms. The highest BCUT2D eigenvalue weighted by Crippen LogP contribution is 2.35. The number of hydrogen-bond donors (Lipinski definition) is 1. The molecule has 3 heterocycles. The Balaban J connectivity index is 1.23. The highest BCUT2D eigenvalue weighted by atomic mass is 32.2. The summed E-state index contributed by atoms with van der Waals surface area (Å²) < 4.78 is 0. The van der Waals surface area contributed by atoms with Gasteiger partial charge in [-0.2, -0.15) is 4.99 Å². The van der Waals surface area contributed by atoms with Gasteiger partial charge in [-0.05, 0) is 30.2 Å².